The molecule has 1 heterocycles. The maximum Gasteiger partial charge on any atom is 0.209 e. The number of nitrogen functional groups attached to an aromatic ring is 1. The molecule has 2 aromatic rings. The van der Waals surface area contributed by atoms with Crippen LogP contribution in [-0.4, -0.2) is 30.4 Å². The van der Waals surface area contributed by atoms with Gasteiger partial charge in [-0.25, -0.2) is 0 Å². The van der Waals surface area contributed by atoms with Gasteiger partial charge in [-0.2, -0.15) is 5.26 Å². The molecule has 0 aliphatic heterocycles. The van der Waals surface area contributed by atoms with E-state index in [1.54, 1.807) is 20.3 Å². The van der Waals surface area contributed by atoms with Crippen LogP contribution in [0.3, 0.4) is 0 Å². The van der Waals surface area contributed by atoms with Crippen molar-refractivity contribution in [1.82, 2.24) is 9.88 Å². The van der Waals surface area contributed by atoms with Crippen LogP contribution in [0.25, 0.3) is 5.57 Å². The summed E-state index contributed by atoms with van der Waals surface area (Å²) in [7, 11) is 3.38. The van der Waals surface area contributed by atoms with E-state index in [1.807, 2.05) is 26.0 Å². The van der Waals surface area contributed by atoms with E-state index in [1.165, 1.54) is 43.2 Å². The lowest BCUT2D eigenvalue weighted by Crippen LogP contribution is -2.06. The topological polar surface area (TPSA) is 83.0 Å². The van der Waals surface area contributed by atoms with E-state index in [4.69, 9.17) is 17.3 Å². The van der Waals surface area contributed by atoms with Crippen LogP contribution in [-0.2, 0) is 4.79 Å². The number of pyridine rings is 1. The van der Waals surface area contributed by atoms with Gasteiger partial charge < -0.3 is 10.6 Å². The molecule has 2 N–H and O–H groups in total. The Kier molecular flexibility index (Phi) is 13.0. The number of hydrogen-bond donors (Lipinski definition) is 1. The summed E-state index contributed by atoms with van der Waals surface area (Å²) in [6.07, 6.45) is 14.4. The minimum atomic E-state index is 0.450. The van der Waals surface area contributed by atoms with E-state index in [0.717, 1.165) is 46.6 Å². The molecule has 6 heteroatoms. The number of allylic oxidation sites excluding steroid dienone is 1. The number of anilines is 1. The highest BCUT2D eigenvalue weighted by Gasteiger charge is 2.15. The van der Waals surface area contributed by atoms with E-state index in [-0.39, 0.29) is 0 Å². The lowest BCUT2D eigenvalue weighted by Gasteiger charge is -2.15. The average Bonchev–Trinajstić information content (AvgIpc) is 2.81. The second kappa shape index (κ2) is 15.1. The Hall–Kier alpha value is -2.84. The quantitative estimate of drug-likeness (QED) is 0.478. The van der Waals surface area contributed by atoms with Crippen molar-refractivity contribution in [2.45, 2.75) is 66.2 Å². The van der Waals surface area contributed by atoms with E-state index >= 15 is 0 Å². The Morgan fingerprint density at radius 2 is 1.79 bits per heavy atom. The molecule has 3 rings (SSSR count). The number of benzene rings is 1. The van der Waals surface area contributed by atoms with E-state index in [9.17, 15) is 10.1 Å². The molecule has 0 unspecified atom stereocenters. The molecule has 1 fully saturated rings. The number of nitrogens with zero attached hydrogens (tertiary/aromatic N) is 3. The standard InChI is InChI=1S/C18H18ClN3.C7H14.C3H7NO/c1-4-5-14(16-9-22-10-17(21)18(16)19)15-7-13(8-20)11(2)6-12(15)3;1-7-5-3-2-4-6-7;1-4(2)3-5/h5-7,9-10H,4,21H2,1-3H3;7H,2-6H2,1H3;3H,1-2H3/b14-5+;;. The van der Waals surface area contributed by atoms with Crippen molar-refractivity contribution in [3.05, 3.63) is 63.4 Å². The Bertz CT molecular complexity index is 1000. The molecule has 1 aliphatic carbocycles. The SMILES string of the molecule is CC/C=C(\c1cc(C#N)c(C)cc1C)c1cncc(N)c1Cl.CC1CCCCC1.CN(C)C=O. The van der Waals surface area contributed by atoms with Gasteiger partial charge in [0.2, 0.25) is 6.41 Å². The van der Waals surface area contributed by atoms with Gasteiger partial charge in [0, 0.05) is 25.9 Å². The summed E-state index contributed by atoms with van der Waals surface area (Å²) in [5.41, 5.74) is 11.8. The Morgan fingerprint density at radius 1 is 1.18 bits per heavy atom. The molecule has 1 saturated carbocycles. The molecule has 34 heavy (non-hydrogen) atoms. The average molecular weight is 483 g/mol. The van der Waals surface area contributed by atoms with Crippen LogP contribution in [0, 0.1) is 31.1 Å². The van der Waals surface area contributed by atoms with Crippen molar-refractivity contribution in [2.75, 3.05) is 19.8 Å². The van der Waals surface area contributed by atoms with Crippen LogP contribution in [0.4, 0.5) is 5.69 Å². The third-order valence-corrected chi connectivity index (χ3v) is 6.11. The van der Waals surface area contributed by atoms with Crippen LogP contribution in [0.1, 0.15) is 80.2 Å². The normalized spacial score (nSPS) is 13.5. The summed E-state index contributed by atoms with van der Waals surface area (Å²) < 4.78 is 0. The number of rotatable bonds is 4. The molecule has 1 aliphatic rings. The second-order valence-corrected chi connectivity index (χ2v) is 9.40. The van der Waals surface area contributed by atoms with Gasteiger partial charge in [-0.1, -0.05) is 69.7 Å². The highest BCUT2D eigenvalue weighted by atomic mass is 35.5. The molecular formula is C28H39ClN4O. The predicted octanol–water partition coefficient (Wildman–Crippen LogP) is 6.94. The number of aryl methyl sites for hydroxylation is 2. The lowest BCUT2D eigenvalue weighted by atomic mass is 9.91. The largest absolute Gasteiger partial charge is 0.396 e. The highest BCUT2D eigenvalue weighted by molar-refractivity contribution is 6.35. The minimum absolute atomic E-state index is 0.450. The van der Waals surface area contributed by atoms with Crippen LogP contribution >= 0.6 is 11.6 Å². The van der Waals surface area contributed by atoms with Crippen molar-refractivity contribution >= 4 is 29.3 Å². The smallest absolute Gasteiger partial charge is 0.209 e. The number of amides is 1. The summed E-state index contributed by atoms with van der Waals surface area (Å²) >= 11 is 6.36. The summed E-state index contributed by atoms with van der Waals surface area (Å²) in [5.74, 6) is 1.04. The minimum Gasteiger partial charge on any atom is -0.396 e. The molecule has 0 spiro atoms. The van der Waals surface area contributed by atoms with Gasteiger partial charge in [0.1, 0.15) is 0 Å². The molecule has 1 aromatic heterocycles. The van der Waals surface area contributed by atoms with Crippen molar-refractivity contribution in [1.29, 1.82) is 5.26 Å². The summed E-state index contributed by atoms with van der Waals surface area (Å²) in [4.78, 5) is 15.0. The Balaban J connectivity index is 0.000000393. The molecule has 0 bridgehead atoms. The van der Waals surface area contributed by atoms with Crippen molar-refractivity contribution < 1.29 is 4.79 Å². The number of nitrogens with two attached hydrogens (primary N) is 1. The van der Waals surface area contributed by atoms with Gasteiger partial charge in [-0.3, -0.25) is 9.78 Å². The maximum atomic E-state index is 9.43. The van der Waals surface area contributed by atoms with Crippen molar-refractivity contribution in [2.24, 2.45) is 5.92 Å². The molecule has 1 amide bonds. The first kappa shape index (κ1) is 29.2. The first-order valence-electron chi connectivity index (χ1n) is 11.9. The fraction of sp³-hybridized carbons (Fsp3) is 0.464. The number of aromatic nitrogens is 1. The number of nitriles is 1. The molecule has 184 valence electrons. The third kappa shape index (κ3) is 9.19. The molecule has 0 saturated heterocycles. The summed E-state index contributed by atoms with van der Waals surface area (Å²) in [6, 6.07) is 6.16. The van der Waals surface area contributed by atoms with Gasteiger partial charge in [-0.05, 0) is 54.5 Å². The van der Waals surface area contributed by atoms with E-state index in [2.05, 4.69) is 31.0 Å². The molecular weight excluding hydrogens is 444 g/mol. The monoisotopic (exact) mass is 482 g/mol. The van der Waals surface area contributed by atoms with Gasteiger partial charge in [-0.15, -0.1) is 0 Å². The van der Waals surface area contributed by atoms with Crippen LogP contribution in [0.2, 0.25) is 5.02 Å². The van der Waals surface area contributed by atoms with Crippen LogP contribution in [0.5, 0.6) is 0 Å². The predicted molar refractivity (Wildman–Crippen MR) is 144 cm³/mol. The zero-order chi connectivity index (χ0) is 25.7. The number of carbonyl (C=O) groups is 1. The van der Waals surface area contributed by atoms with E-state index in [0.29, 0.717) is 16.3 Å². The van der Waals surface area contributed by atoms with Gasteiger partial charge >= 0.3 is 0 Å². The van der Waals surface area contributed by atoms with Gasteiger partial charge in [0.15, 0.2) is 0 Å². The number of carbonyl (C=O) groups excluding carboxylic acids is 1. The first-order valence-corrected chi connectivity index (χ1v) is 12.3. The molecule has 0 radical (unpaired) electrons. The van der Waals surface area contributed by atoms with Gasteiger partial charge in [0.05, 0.1) is 28.5 Å². The zero-order valence-electron chi connectivity index (χ0n) is 21.5. The summed E-state index contributed by atoms with van der Waals surface area (Å²) in [5, 5.41) is 9.78. The Morgan fingerprint density at radius 3 is 2.26 bits per heavy atom. The molecule has 5 nitrogen and oxygen atoms in total. The van der Waals surface area contributed by atoms with E-state index < -0.39 is 0 Å². The van der Waals surface area contributed by atoms with Crippen LogP contribution < -0.4 is 5.73 Å². The fourth-order valence-electron chi connectivity index (χ4n) is 3.79. The van der Waals surface area contributed by atoms with Crippen molar-refractivity contribution in [3.63, 3.8) is 0 Å². The van der Waals surface area contributed by atoms with Crippen molar-refractivity contribution in [3.8, 4) is 6.07 Å². The summed E-state index contributed by atoms with van der Waals surface area (Å²) in [6.45, 7) is 8.38. The Labute approximate surface area is 210 Å². The molecule has 1 aromatic carbocycles. The third-order valence-electron chi connectivity index (χ3n) is 5.69. The maximum absolute atomic E-state index is 9.43. The van der Waals surface area contributed by atoms with Crippen LogP contribution in [0.15, 0.2) is 30.6 Å². The highest BCUT2D eigenvalue weighted by Crippen LogP contribution is 2.34. The second-order valence-electron chi connectivity index (χ2n) is 9.02. The first-order chi connectivity index (χ1) is 16.2. The lowest BCUT2D eigenvalue weighted by molar-refractivity contribution is -0.115. The van der Waals surface area contributed by atoms with Gasteiger partial charge in [0.25, 0.3) is 0 Å². The number of hydrogen-bond acceptors (Lipinski definition) is 4. The fourth-order valence-corrected chi connectivity index (χ4v) is 3.99. The molecule has 0 atom stereocenters. The zero-order valence-corrected chi connectivity index (χ0v) is 22.2. The number of halogens is 1.